The Hall–Kier alpha value is -0.740. The number of halogens is 1. The molecule has 16 heavy (non-hydrogen) atoms. The van der Waals surface area contributed by atoms with E-state index in [1.165, 1.54) is 11.8 Å². The van der Waals surface area contributed by atoms with E-state index in [0.717, 1.165) is 4.90 Å². The van der Waals surface area contributed by atoms with Gasteiger partial charge in [0.1, 0.15) is 0 Å². The lowest BCUT2D eigenvalue weighted by atomic mass is 10.1. The van der Waals surface area contributed by atoms with Crippen LogP contribution in [0.15, 0.2) is 29.2 Å². The molecule has 1 rings (SSSR count). The fourth-order valence-corrected chi connectivity index (χ4v) is 2.46. The van der Waals surface area contributed by atoms with Crippen LogP contribution in [0.2, 0.25) is 5.02 Å². The average Bonchev–Trinajstić information content (AvgIpc) is 2.19. The highest BCUT2D eigenvalue weighted by atomic mass is 35.5. The molecule has 1 aromatic rings. The highest BCUT2D eigenvalue weighted by molar-refractivity contribution is 8.00. The van der Waals surface area contributed by atoms with E-state index in [0.29, 0.717) is 5.02 Å². The smallest absolute Gasteiger partial charge is 0.216 e. The molecule has 0 spiro atoms. The lowest BCUT2D eigenvalue weighted by Crippen LogP contribution is -2.21. The molecular weight excluding hydrogens is 246 g/mol. The summed E-state index contributed by atoms with van der Waals surface area (Å²) in [6.45, 7) is 3.99. The first-order valence-corrected chi connectivity index (χ1v) is 6.29. The van der Waals surface area contributed by atoms with Gasteiger partial charge in [0.05, 0.1) is 5.25 Å². The van der Waals surface area contributed by atoms with Crippen molar-refractivity contribution in [3.8, 4) is 0 Å². The van der Waals surface area contributed by atoms with Crippen molar-refractivity contribution in [2.45, 2.75) is 24.0 Å². The van der Waals surface area contributed by atoms with Crippen molar-refractivity contribution in [3.05, 3.63) is 39.4 Å². The Morgan fingerprint density at radius 3 is 2.38 bits per heavy atom. The van der Waals surface area contributed by atoms with Gasteiger partial charge in [-0.15, -0.1) is 11.8 Å². The summed E-state index contributed by atoms with van der Waals surface area (Å²) in [5, 5.41) is 11.2. The molecule has 3 nitrogen and oxygen atoms in total. The predicted molar refractivity (Wildman–Crippen MR) is 67.8 cm³/mol. The van der Waals surface area contributed by atoms with Gasteiger partial charge in [0, 0.05) is 14.8 Å². The van der Waals surface area contributed by atoms with Crippen molar-refractivity contribution in [1.29, 1.82) is 0 Å². The molecule has 0 aliphatic heterocycles. The number of hydrogen-bond acceptors (Lipinski definition) is 3. The minimum atomic E-state index is -0.256. The van der Waals surface area contributed by atoms with Crippen LogP contribution in [0.5, 0.6) is 0 Å². The normalized spacial score (nSPS) is 12.8. The van der Waals surface area contributed by atoms with Gasteiger partial charge in [-0.05, 0) is 30.2 Å². The number of nitrogens with zero attached hydrogens (tertiary/aromatic N) is 1. The maximum Gasteiger partial charge on any atom is 0.216 e. The van der Waals surface area contributed by atoms with E-state index in [1.54, 1.807) is 12.1 Å². The molecule has 0 bridgehead atoms. The third-order valence-electron chi connectivity index (χ3n) is 2.17. The van der Waals surface area contributed by atoms with Crippen LogP contribution in [0.1, 0.15) is 13.8 Å². The lowest BCUT2D eigenvalue weighted by molar-refractivity contribution is -0.480. The lowest BCUT2D eigenvalue weighted by Gasteiger charge is -2.16. The van der Waals surface area contributed by atoms with Gasteiger partial charge in [-0.25, -0.2) is 0 Å². The Balaban J connectivity index is 2.67. The van der Waals surface area contributed by atoms with E-state index in [2.05, 4.69) is 0 Å². The van der Waals surface area contributed by atoms with E-state index in [-0.39, 0.29) is 22.6 Å². The van der Waals surface area contributed by atoms with Crippen LogP contribution >= 0.6 is 23.4 Å². The second kappa shape index (κ2) is 6.11. The number of thioether (sulfide) groups is 1. The molecule has 0 fully saturated rings. The predicted octanol–water partition coefficient (Wildman–Crippen LogP) is 3.73. The summed E-state index contributed by atoms with van der Waals surface area (Å²) in [4.78, 5) is 11.3. The van der Waals surface area contributed by atoms with Gasteiger partial charge in [0.2, 0.25) is 6.54 Å². The van der Waals surface area contributed by atoms with Gasteiger partial charge in [-0.3, -0.25) is 10.1 Å². The summed E-state index contributed by atoms with van der Waals surface area (Å²) in [7, 11) is 0. The maximum atomic E-state index is 10.5. The summed E-state index contributed by atoms with van der Waals surface area (Å²) < 4.78 is 0. The molecule has 1 aromatic carbocycles. The molecule has 0 amide bonds. The third-order valence-corrected chi connectivity index (χ3v) is 3.97. The SMILES string of the molecule is CC(C)C(C[N+](=O)[O-])Sc1ccc(Cl)cc1. The van der Waals surface area contributed by atoms with Crippen molar-refractivity contribution in [2.24, 2.45) is 5.92 Å². The second-order valence-corrected chi connectivity index (χ2v) is 5.62. The zero-order valence-electron chi connectivity index (χ0n) is 9.22. The van der Waals surface area contributed by atoms with Gasteiger partial charge in [-0.1, -0.05) is 25.4 Å². The molecule has 1 atom stereocenters. The van der Waals surface area contributed by atoms with E-state index >= 15 is 0 Å². The molecule has 0 aliphatic rings. The zero-order chi connectivity index (χ0) is 12.1. The zero-order valence-corrected chi connectivity index (χ0v) is 10.8. The number of rotatable bonds is 5. The summed E-state index contributed by atoms with van der Waals surface area (Å²) in [5.41, 5.74) is 0. The van der Waals surface area contributed by atoms with Crippen molar-refractivity contribution in [2.75, 3.05) is 6.54 Å². The van der Waals surface area contributed by atoms with E-state index in [4.69, 9.17) is 11.6 Å². The first kappa shape index (κ1) is 13.3. The largest absolute Gasteiger partial charge is 0.265 e. The van der Waals surface area contributed by atoms with Crippen LogP contribution in [-0.4, -0.2) is 16.7 Å². The minimum Gasteiger partial charge on any atom is -0.265 e. The quantitative estimate of drug-likeness (QED) is 0.460. The highest BCUT2D eigenvalue weighted by Crippen LogP contribution is 2.29. The monoisotopic (exact) mass is 259 g/mol. The van der Waals surface area contributed by atoms with E-state index in [1.807, 2.05) is 26.0 Å². The van der Waals surface area contributed by atoms with Crippen LogP contribution in [0.3, 0.4) is 0 Å². The van der Waals surface area contributed by atoms with E-state index in [9.17, 15) is 10.1 Å². The Morgan fingerprint density at radius 2 is 1.94 bits per heavy atom. The molecule has 88 valence electrons. The number of benzene rings is 1. The van der Waals surface area contributed by atoms with Gasteiger partial charge in [0.25, 0.3) is 0 Å². The van der Waals surface area contributed by atoms with Gasteiger partial charge in [-0.2, -0.15) is 0 Å². The maximum absolute atomic E-state index is 10.5. The summed E-state index contributed by atoms with van der Waals surface area (Å²) in [6, 6.07) is 7.38. The van der Waals surface area contributed by atoms with Gasteiger partial charge >= 0.3 is 0 Å². The van der Waals surface area contributed by atoms with Crippen LogP contribution in [0.4, 0.5) is 0 Å². The standard InChI is InChI=1S/C11H14ClNO2S/c1-8(2)11(7-13(14)15)16-10-5-3-9(12)4-6-10/h3-6,8,11H,7H2,1-2H3. The fourth-order valence-electron chi connectivity index (χ4n) is 1.22. The Bertz CT molecular complexity index is 354. The van der Waals surface area contributed by atoms with Crippen molar-refractivity contribution in [3.63, 3.8) is 0 Å². The Labute approximate surface area is 104 Å². The fraction of sp³-hybridized carbons (Fsp3) is 0.455. The minimum absolute atomic E-state index is 0.00354. The highest BCUT2D eigenvalue weighted by Gasteiger charge is 2.20. The van der Waals surface area contributed by atoms with Crippen molar-refractivity contribution in [1.82, 2.24) is 0 Å². The first-order valence-electron chi connectivity index (χ1n) is 5.03. The summed E-state index contributed by atoms with van der Waals surface area (Å²) in [5.74, 6) is 0.270. The molecule has 0 saturated carbocycles. The number of hydrogen-bond donors (Lipinski definition) is 0. The molecule has 0 aliphatic carbocycles. The third kappa shape index (κ3) is 4.41. The molecule has 0 radical (unpaired) electrons. The molecule has 0 saturated heterocycles. The van der Waals surface area contributed by atoms with Crippen LogP contribution in [0, 0.1) is 16.0 Å². The first-order chi connectivity index (χ1) is 7.49. The van der Waals surface area contributed by atoms with Gasteiger partial charge in [0.15, 0.2) is 0 Å². The van der Waals surface area contributed by atoms with Crippen LogP contribution in [0.25, 0.3) is 0 Å². The van der Waals surface area contributed by atoms with Gasteiger partial charge < -0.3 is 0 Å². The molecule has 0 aromatic heterocycles. The van der Waals surface area contributed by atoms with Crippen molar-refractivity contribution >= 4 is 23.4 Å². The van der Waals surface area contributed by atoms with E-state index < -0.39 is 0 Å². The molecule has 0 N–H and O–H groups in total. The molecule has 5 heteroatoms. The van der Waals surface area contributed by atoms with Crippen LogP contribution < -0.4 is 0 Å². The second-order valence-electron chi connectivity index (χ2n) is 3.87. The molecule has 1 unspecified atom stereocenters. The molecule has 0 heterocycles. The Kier molecular flexibility index (Phi) is 5.09. The summed E-state index contributed by atoms with van der Waals surface area (Å²) in [6.07, 6.45) is 0. The Morgan fingerprint density at radius 1 is 1.38 bits per heavy atom. The number of nitro groups is 1. The summed E-state index contributed by atoms with van der Waals surface area (Å²) >= 11 is 7.31. The topological polar surface area (TPSA) is 43.1 Å². The van der Waals surface area contributed by atoms with Crippen molar-refractivity contribution < 1.29 is 4.92 Å². The van der Waals surface area contributed by atoms with Crippen LogP contribution in [-0.2, 0) is 0 Å². The average molecular weight is 260 g/mol. The molecular formula is C11H14ClNO2S.